The molecule has 0 aliphatic heterocycles. The first-order valence-electron chi connectivity index (χ1n) is 5.10. The molecule has 0 radical (unpaired) electrons. The standard InChI is InChI=1S/C13H14O2S/c1-9-3-5-11(16-9)7-10-4-6-12(14)13(8-10)15-2/h3-6,8,14H,7H2,1-2H3. The molecule has 0 saturated heterocycles. The molecule has 1 aromatic heterocycles. The van der Waals surface area contributed by atoms with Crippen LogP contribution in [0.15, 0.2) is 30.3 Å². The zero-order valence-electron chi connectivity index (χ0n) is 9.36. The Morgan fingerprint density at radius 3 is 2.69 bits per heavy atom. The molecule has 2 rings (SSSR count). The van der Waals surface area contributed by atoms with Crippen molar-refractivity contribution in [3.63, 3.8) is 0 Å². The third kappa shape index (κ3) is 2.36. The summed E-state index contributed by atoms with van der Waals surface area (Å²) in [5.41, 5.74) is 1.15. The van der Waals surface area contributed by atoms with Crippen LogP contribution in [0.2, 0.25) is 0 Å². The lowest BCUT2D eigenvalue weighted by molar-refractivity contribution is 0.373. The van der Waals surface area contributed by atoms with Crippen LogP contribution in [0.1, 0.15) is 15.3 Å². The van der Waals surface area contributed by atoms with Gasteiger partial charge in [0, 0.05) is 16.2 Å². The maximum absolute atomic E-state index is 9.48. The van der Waals surface area contributed by atoms with E-state index in [2.05, 4.69) is 19.1 Å². The molecule has 3 heteroatoms. The minimum Gasteiger partial charge on any atom is -0.504 e. The van der Waals surface area contributed by atoms with E-state index in [4.69, 9.17) is 4.74 Å². The van der Waals surface area contributed by atoms with Gasteiger partial charge in [0.05, 0.1) is 7.11 Å². The van der Waals surface area contributed by atoms with Gasteiger partial charge in [-0.1, -0.05) is 6.07 Å². The summed E-state index contributed by atoms with van der Waals surface area (Å²) >= 11 is 1.80. The Hall–Kier alpha value is -1.48. The average molecular weight is 234 g/mol. The summed E-state index contributed by atoms with van der Waals surface area (Å²) in [4.78, 5) is 2.64. The summed E-state index contributed by atoms with van der Waals surface area (Å²) in [6.07, 6.45) is 0.884. The van der Waals surface area contributed by atoms with E-state index >= 15 is 0 Å². The van der Waals surface area contributed by atoms with Gasteiger partial charge < -0.3 is 9.84 Å². The minimum absolute atomic E-state index is 0.189. The second-order valence-electron chi connectivity index (χ2n) is 3.70. The summed E-state index contributed by atoms with van der Waals surface area (Å²) in [6, 6.07) is 9.74. The highest BCUT2D eigenvalue weighted by Crippen LogP contribution is 2.28. The topological polar surface area (TPSA) is 29.5 Å². The summed E-state index contributed by atoms with van der Waals surface area (Å²) in [7, 11) is 1.56. The molecular weight excluding hydrogens is 220 g/mol. The largest absolute Gasteiger partial charge is 0.504 e. The van der Waals surface area contributed by atoms with Gasteiger partial charge in [0.2, 0.25) is 0 Å². The molecule has 2 nitrogen and oxygen atoms in total. The summed E-state index contributed by atoms with van der Waals surface area (Å²) in [5.74, 6) is 0.722. The van der Waals surface area contributed by atoms with Gasteiger partial charge >= 0.3 is 0 Å². The molecular formula is C13H14O2S. The molecule has 0 bridgehead atoms. The third-order valence-corrected chi connectivity index (χ3v) is 3.42. The second kappa shape index (κ2) is 4.58. The molecule has 0 amide bonds. The molecule has 0 fully saturated rings. The number of aryl methyl sites for hydroxylation is 1. The Kier molecular flexibility index (Phi) is 3.15. The summed E-state index contributed by atoms with van der Waals surface area (Å²) in [6.45, 7) is 2.10. The molecule has 0 aliphatic rings. The molecule has 2 aromatic rings. The molecule has 1 aromatic carbocycles. The minimum atomic E-state index is 0.189. The van der Waals surface area contributed by atoms with Crippen LogP contribution in [-0.2, 0) is 6.42 Å². The second-order valence-corrected chi connectivity index (χ2v) is 5.07. The number of hydrogen-bond donors (Lipinski definition) is 1. The fraction of sp³-hybridized carbons (Fsp3) is 0.231. The zero-order valence-corrected chi connectivity index (χ0v) is 10.2. The quantitative estimate of drug-likeness (QED) is 0.882. The van der Waals surface area contributed by atoms with Crippen molar-refractivity contribution in [3.8, 4) is 11.5 Å². The van der Waals surface area contributed by atoms with Crippen LogP contribution in [0.25, 0.3) is 0 Å². The molecule has 84 valence electrons. The predicted octanol–water partition coefficient (Wildman–Crippen LogP) is 3.36. The number of aromatic hydroxyl groups is 1. The van der Waals surface area contributed by atoms with Gasteiger partial charge in [-0.25, -0.2) is 0 Å². The lowest BCUT2D eigenvalue weighted by atomic mass is 10.1. The Morgan fingerprint density at radius 1 is 1.25 bits per heavy atom. The Morgan fingerprint density at radius 2 is 2.06 bits per heavy atom. The molecule has 0 aliphatic carbocycles. The number of phenolic OH excluding ortho intramolecular Hbond substituents is 1. The van der Waals surface area contributed by atoms with Gasteiger partial charge in [0.15, 0.2) is 11.5 Å². The Balaban J connectivity index is 2.21. The number of hydrogen-bond acceptors (Lipinski definition) is 3. The first-order chi connectivity index (χ1) is 7.69. The molecule has 0 spiro atoms. The number of methoxy groups -OCH3 is 1. The predicted molar refractivity (Wildman–Crippen MR) is 66.5 cm³/mol. The number of phenols is 1. The zero-order chi connectivity index (χ0) is 11.5. The molecule has 1 heterocycles. The fourth-order valence-electron chi connectivity index (χ4n) is 1.61. The lowest BCUT2D eigenvalue weighted by Gasteiger charge is -2.05. The number of thiophene rings is 1. The SMILES string of the molecule is COc1cc(Cc2ccc(C)s2)ccc1O. The van der Waals surface area contributed by atoms with Gasteiger partial charge in [0.1, 0.15) is 0 Å². The number of ether oxygens (including phenoxy) is 1. The number of rotatable bonds is 3. The van der Waals surface area contributed by atoms with Crippen LogP contribution in [0, 0.1) is 6.92 Å². The third-order valence-electron chi connectivity index (χ3n) is 2.42. The first-order valence-corrected chi connectivity index (χ1v) is 5.92. The van der Waals surface area contributed by atoms with Gasteiger partial charge in [-0.2, -0.15) is 0 Å². The molecule has 16 heavy (non-hydrogen) atoms. The van der Waals surface area contributed by atoms with Crippen LogP contribution in [-0.4, -0.2) is 12.2 Å². The van der Waals surface area contributed by atoms with Crippen molar-refractivity contribution < 1.29 is 9.84 Å². The monoisotopic (exact) mass is 234 g/mol. The maximum atomic E-state index is 9.48. The molecule has 0 saturated carbocycles. The van der Waals surface area contributed by atoms with Crippen molar-refractivity contribution in [1.82, 2.24) is 0 Å². The van der Waals surface area contributed by atoms with Crippen LogP contribution in [0.5, 0.6) is 11.5 Å². The van der Waals surface area contributed by atoms with Crippen LogP contribution >= 0.6 is 11.3 Å². The van der Waals surface area contributed by atoms with Crippen LogP contribution in [0.4, 0.5) is 0 Å². The summed E-state index contributed by atoms with van der Waals surface area (Å²) in [5, 5.41) is 9.48. The van der Waals surface area contributed by atoms with E-state index < -0.39 is 0 Å². The van der Waals surface area contributed by atoms with E-state index in [9.17, 15) is 5.11 Å². The normalized spacial score (nSPS) is 10.4. The van der Waals surface area contributed by atoms with Crippen molar-refractivity contribution >= 4 is 11.3 Å². The Labute approximate surface area is 99.1 Å². The van der Waals surface area contributed by atoms with E-state index in [1.807, 2.05) is 12.1 Å². The lowest BCUT2D eigenvalue weighted by Crippen LogP contribution is -1.88. The molecule has 1 N–H and O–H groups in total. The van der Waals surface area contributed by atoms with E-state index in [1.54, 1.807) is 24.5 Å². The highest BCUT2D eigenvalue weighted by molar-refractivity contribution is 7.11. The van der Waals surface area contributed by atoms with Gasteiger partial charge in [0.25, 0.3) is 0 Å². The van der Waals surface area contributed by atoms with E-state index in [-0.39, 0.29) is 5.75 Å². The smallest absolute Gasteiger partial charge is 0.160 e. The van der Waals surface area contributed by atoms with Crippen molar-refractivity contribution in [2.24, 2.45) is 0 Å². The van der Waals surface area contributed by atoms with Gasteiger partial charge in [-0.05, 0) is 36.8 Å². The van der Waals surface area contributed by atoms with Crippen molar-refractivity contribution in [2.45, 2.75) is 13.3 Å². The van der Waals surface area contributed by atoms with Crippen molar-refractivity contribution in [3.05, 3.63) is 45.6 Å². The highest BCUT2D eigenvalue weighted by Gasteiger charge is 2.04. The van der Waals surface area contributed by atoms with Crippen LogP contribution < -0.4 is 4.74 Å². The fourth-order valence-corrected chi connectivity index (χ4v) is 2.54. The van der Waals surface area contributed by atoms with Crippen molar-refractivity contribution in [1.29, 1.82) is 0 Å². The van der Waals surface area contributed by atoms with Gasteiger partial charge in [-0.3, -0.25) is 0 Å². The Bertz CT molecular complexity index is 488. The van der Waals surface area contributed by atoms with E-state index in [0.717, 1.165) is 12.0 Å². The summed E-state index contributed by atoms with van der Waals surface area (Å²) < 4.78 is 5.08. The first kappa shape index (κ1) is 11.0. The number of benzene rings is 1. The molecule has 0 atom stereocenters. The average Bonchev–Trinajstić information content (AvgIpc) is 2.67. The van der Waals surface area contributed by atoms with Gasteiger partial charge in [-0.15, -0.1) is 11.3 Å². The maximum Gasteiger partial charge on any atom is 0.160 e. The van der Waals surface area contributed by atoms with Crippen molar-refractivity contribution in [2.75, 3.05) is 7.11 Å². The van der Waals surface area contributed by atoms with Crippen LogP contribution in [0.3, 0.4) is 0 Å². The highest BCUT2D eigenvalue weighted by atomic mass is 32.1. The molecule has 0 unspecified atom stereocenters. The van der Waals surface area contributed by atoms with E-state index in [1.165, 1.54) is 9.75 Å². The van der Waals surface area contributed by atoms with E-state index in [0.29, 0.717) is 5.75 Å².